The van der Waals surface area contributed by atoms with Gasteiger partial charge in [0, 0.05) is 13.0 Å². The number of nitrogens with zero attached hydrogens (tertiary/aromatic N) is 2. The molecule has 1 unspecified atom stereocenters. The van der Waals surface area contributed by atoms with Crippen LogP contribution in [0.4, 0.5) is 5.69 Å². The summed E-state index contributed by atoms with van der Waals surface area (Å²) in [5.41, 5.74) is 8.98. The Bertz CT molecular complexity index is 698. The van der Waals surface area contributed by atoms with Crippen LogP contribution in [-0.2, 0) is 0 Å². The van der Waals surface area contributed by atoms with Crippen LogP contribution >= 0.6 is 0 Å². The Morgan fingerprint density at radius 1 is 1.09 bits per heavy atom. The molecule has 3 rings (SSSR count). The van der Waals surface area contributed by atoms with Gasteiger partial charge in [-0.3, -0.25) is 5.01 Å². The van der Waals surface area contributed by atoms with Gasteiger partial charge < -0.3 is 15.2 Å². The van der Waals surface area contributed by atoms with Crippen molar-refractivity contribution in [1.29, 1.82) is 0 Å². The molecular weight excluding hydrogens is 290 g/mol. The molecule has 5 nitrogen and oxygen atoms in total. The fraction of sp³-hybridized carbons (Fsp3) is 0.278. The van der Waals surface area contributed by atoms with E-state index in [4.69, 9.17) is 15.2 Å². The Morgan fingerprint density at radius 2 is 1.83 bits per heavy atom. The molecule has 0 saturated carbocycles. The third kappa shape index (κ3) is 3.14. The highest BCUT2D eigenvalue weighted by molar-refractivity contribution is 5.90. The minimum atomic E-state index is 0.122. The standard InChI is InChI=1S/C18H21N3O2/c1-22-16-8-6-15(7-9-16)21-18(11-14(12-19)20-21)13-4-3-5-17(10-13)23-2/h3-10,18H,11-12,19H2,1-2H3. The smallest absolute Gasteiger partial charge is 0.119 e. The number of anilines is 1. The summed E-state index contributed by atoms with van der Waals surface area (Å²) in [6, 6.07) is 16.1. The number of rotatable bonds is 5. The minimum absolute atomic E-state index is 0.122. The van der Waals surface area contributed by atoms with Gasteiger partial charge in [0.1, 0.15) is 11.5 Å². The number of ether oxygens (including phenoxy) is 2. The number of hydrazone groups is 1. The highest BCUT2D eigenvalue weighted by atomic mass is 16.5. The first-order chi connectivity index (χ1) is 11.2. The monoisotopic (exact) mass is 311 g/mol. The quantitative estimate of drug-likeness (QED) is 0.922. The Balaban J connectivity index is 1.94. The zero-order chi connectivity index (χ0) is 16.2. The van der Waals surface area contributed by atoms with Crippen molar-refractivity contribution in [3.05, 3.63) is 54.1 Å². The summed E-state index contributed by atoms with van der Waals surface area (Å²) in [5.74, 6) is 1.67. The molecule has 1 heterocycles. The van der Waals surface area contributed by atoms with Crippen LogP contribution < -0.4 is 20.2 Å². The number of methoxy groups -OCH3 is 2. The topological polar surface area (TPSA) is 60.1 Å². The summed E-state index contributed by atoms with van der Waals surface area (Å²) in [6.07, 6.45) is 0.815. The molecule has 23 heavy (non-hydrogen) atoms. The summed E-state index contributed by atoms with van der Waals surface area (Å²) in [6.45, 7) is 0.465. The van der Waals surface area contributed by atoms with Gasteiger partial charge in [0.05, 0.1) is 31.7 Å². The minimum Gasteiger partial charge on any atom is -0.497 e. The Labute approximate surface area is 136 Å². The average molecular weight is 311 g/mol. The highest BCUT2D eigenvalue weighted by Gasteiger charge is 2.28. The van der Waals surface area contributed by atoms with E-state index in [9.17, 15) is 0 Å². The summed E-state index contributed by atoms with van der Waals surface area (Å²) in [4.78, 5) is 0. The lowest BCUT2D eigenvalue weighted by atomic mass is 10.0. The van der Waals surface area contributed by atoms with Crippen molar-refractivity contribution in [2.24, 2.45) is 10.8 Å². The molecule has 1 aliphatic heterocycles. The third-order valence-electron chi connectivity index (χ3n) is 4.02. The molecule has 1 atom stereocenters. The van der Waals surface area contributed by atoms with E-state index < -0.39 is 0 Å². The average Bonchev–Trinajstić information content (AvgIpc) is 3.06. The summed E-state index contributed by atoms with van der Waals surface area (Å²) in [7, 11) is 3.34. The molecule has 0 amide bonds. The van der Waals surface area contributed by atoms with E-state index in [-0.39, 0.29) is 6.04 Å². The molecule has 2 aromatic rings. The fourth-order valence-electron chi connectivity index (χ4n) is 2.78. The van der Waals surface area contributed by atoms with Gasteiger partial charge in [-0.2, -0.15) is 5.10 Å². The van der Waals surface area contributed by atoms with E-state index in [1.165, 1.54) is 0 Å². The van der Waals surface area contributed by atoms with Crippen molar-refractivity contribution in [1.82, 2.24) is 0 Å². The van der Waals surface area contributed by atoms with E-state index in [0.29, 0.717) is 6.54 Å². The molecule has 1 aliphatic rings. The molecule has 2 aromatic carbocycles. The Kier molecular flexibility index (Phi) is 4.48. The van der Waals surface area contributed by atoms with Crippen molar-refractivity contribution < 1.29 is 9.47 Å². The maximum Gasteiger partial charge on any atom is 0.119 e. The Morgan fingerprint density at radius 3 is 2.48 bits per heavy atom. The number of hydrogen-bond donors (Lipinski definition) is 1. The van der Waals surface area contributed by atoms with Crippen LogP contribution in [0.1, 0.15) is 18.0 Å². The van der Waals surface area contributed by atoms with Crippen LogP contribution in [0.25, 0.3) is 0 Å². The highest BCUT2D eigenvalue weighted by Crippen LogP contribution is 2.36. The summed E-state index contributed by atoms with van der Waals surface area (Å²) < 4.78 is 10.6. The van der Waals surface area contributed by atoms with Crippen molar-refractivity contribution in [2.45, 2.75) is 12.5 Å². The SMILES string of the molecule is COc1ccc(N2N=C(CN)CC2c2cccc(OC)c2)cc1. The predicted molar refractivity (Wildman–Crippen MR) is 92.3 cm³/mol. The largest absolute Gasteiger partial charge is 0.497 e. The molecule has 0 saturated heterocycles. The second-order valence-electron chi connectivity index (χ2n) is 5.41. The van der Waals surface area contributed by atoms with Crippen molar-refractivity contribution in [3.8, 4) is 11.5 Å². The third-order valence-corrected chi connectivity index (χ3v) is 4.02. The van der Waals surface area contributed by atoms with Gasteiger partial charge in [0.25, 0.3) is 0 Å². The molecule has 0 bridgehead atoms. The fourth-order valence-corrected chi connectivity index (χ4v) is 2.78. The molecular formula is C18H21N3O2. The molecule has 0 radical (unpaired) electrons. The first-order valence-corrected chi connectivity index (χ1v) is 7.59. The van der Waals surface area contributed by atoms with Crippen LogP contribution in [0.15, 0.2) is 53.6 Å². The van der Waals surface area contributed by atoms with Crippen molar-refractivity contribution in [2.75, 3.05) is 25.8 Å². The second-order valence-corrected chi connectivity index (χ2v) is 5.41. The lowest BCUT2D eigenvalue weighted by Crippen LogP contribution is -2.18. The molecule has 0 aliphatic carbocycles. The molecule has 0 fully saturated rings. The van der Waals surface area contributed by atoms with Crippen LogP contribution in [0.2, 0.25) is 0 Å². The lowest BCUT2D eigenvalue weighted by Gasteiger charge is -2.24. The normalized spacial score (nSPS) is 17.1. The van der Waals surface area contributed by atoms with E-state index in [1.54, 1.807) is 14.2 Å². The van der Waals surface area contributed by atoms with Crippen LogP contribution in [-0.4, -0.2) is 26.5 Å². The molecule has 0 spiro atoms. The van der Waals surface area contributed by atoms with Gasteiger partial charge in [0.2, 0.25) is 0 Å². The molecule has 120 valence electrons. The zero-order valence-electron chi connectivity index (χ0n) is 13.4. The zero-order valence-corrected chi connectivity index (χ0v) is 13.4. The van der Waals surface area contributed by atoms with Crippen molar-refractivity contribution in [3.63, 3.8) is 0 Å². The van der Waals surface area contributed by atoms with Gasteiger partial charge in [-0.25, -0.2) is 0 Å². The summed E-state index contributed by atoms with van der Waals surface area (Å²) in [5, 5.41) is 6.71. The van der Waals surface area contributed by atoms with E-state index in [2.05, 4.69) is 17.2 Å². The maximum absolute atomic E-state index is 5.81. The number of hydrogen-bond acceptors (Lipinski definition) is 5. The van der Waals surface area contributed by atoms with Crippen molar-refractivity contribution >= 4 is 11.4 Å². The van der Waals surface area contributed by atoms with Crippen LogP contribution in [0.5, 0.6) is 11.5 Å². The molecule has 2 N–H and O–H groups in total. The van der Waals surface area contributed by atoms with E-state index >= 15 is 0 Å². The van der Waals surface area contributed by atoms with Gasteiger partial charge in [-0.05, 0) is 42.0 Å². The van der Waals surface area contributed by atoms with E-state index in [1.807, 2.05) is 41.4 Å². The van der Waals surface area contributed by atoms with Gasteiger partial charge >= 0.3 is 0 Å². The first kappa shape index (κ1) is 15.4. The predicted octanol–water partition coefficient (Wildman–Crippen LogP) is 2.97. The van der Waals surface area contributed by atoms with Gasteiger partial charge in [-0.1, -0.05) is 12.1 Å². The molecule has 0 aromatic heterocycles. The van der Waals surface area contributed by atoms with Gasteiger partial charge in [0.15, 0.2) is 0 Å². The maximum atomic E-state index is 5.81. The molecule has 5 heteroatoms. The second kappa shape index (κ2) is 6.71. The van der Waals surface area contributed by atoms with Gasteiger partial charge in [-0.15, -0.1) is 0 Å². The lowest BCUT2D eigenvalue weighted by molar-refractivity contribution is 0.413. The first-order valence-electron chi connectivity index (χ1n) is 7.59. The van der Waals surface area contributed by atoms with Crippen LogP contribution in [0.3, 0.4) is 0 Å². The summed E-state index contributed by atoms with van der Waals surface area (Å²) >= 11 is 0. The van der Waals surface area contributed by atoms with E-state index in [0.717, 1.165) is 34.9 Å². The number of benzene rings is 2. The Hall–Kier alpha value is -2.53. The van der Waals surface area contributed by atoms with Crippen LogP contribution in [0, 0.1) is 0 Å². The number of nitrogens with two attached hydrogens (primary N) is 1.